The van der Waals surface area contributed by atoms with Crippen LogP contribution in [0.1, 0.15) is 29.8 Å². The first-order chi connectivity index (χ1) is 7.95. The number of carbonyl (C=O) groups excluding carboxylic acids is 1. The molecule has 1 aromatic rings. The summed E-state index contributed by atoms with van der Waals surface area (Å²) in [4.78, 5) is 11.3. The number of hydrogen-bond donors (Lipinski definition) is 0. The third-order valence-electron chi connectivity index (χ3n) is 2.20. The molecule has 0 radical (unpaired) electrons. The van der Waals surface area contributed by atoms with Crippen LogP contribution in [-0.2, 0) is 11.2 Å². The summed E-state index contributed by atoms with van der Waals surface area (Å²) in [6.07, 6.45) is -0.159. The van der Waals surface area contributed by atoms with E-state index in [9.17, 15) is 22.4 Å². The summed E-state index contributed by atoms with van der Waals surface area (Å²) in [5.41, 5.74) is -1.41. The quantitative estimate of drug-likeness (QED) is 0.357. The fraction of sp³-hybridized carbons (Fsp3) is 0.364. The van der Waals surface area contributed by atoms with Crippen LogP contribution in [0.3, 0.4) is 0 Å². The van der Waals surface area contributed by atoms with Crippen molar-refractivity contribution >= 4 is 5.97 Å². The van der Waals surface area contributed by atoms with Crippen molar-refractivity contribution in [3.8, 4) is 0 Å². The number of benzene rings is 1. The van der Waals surface area contributed by atoms with Crippen LogP contribution in [0.2, 0.25) is 0 Å². The van der Waals surface area contributed by atoms with Gasteiger partial charge in [0, 0.05) is 5.56 Å². The minimum atomic E-state index is -2.01. The molecule has 17 heavy (non-hydrogen) atoms. The lowest BCUT2D eigenvalue weighted by atomic mass is 10.0. The monoisotopic (exact) mass is 250 g/mol. The van der Waals surface area contributed by atoms with Crippen LogP contribution in [0.4, 0.5) is 17.6 Å². The second kappa shape index (κ2) is 5.16. The van der Waals surface area contributed by atoms with Gasteiger partial charge >= 0.3 is 5.97 Å². The highest BCUT2D eigenvalue weighted by atomic mass is 19.2. The molecular formula is C11H10F4O2. The molecule has 0 aliphatic carbocycles. The van der Waals surface area contributed by atoms with E-state index in [0.29, 0.717) is 0 Å². The van der Waals surface area contributed by atoms with E-state index in [1.807, 2.05) is 0 Å². The molecule has 0 saturated heterocycles. The molecule has 2 nitrogen and oxygen atoms in total. The van der Waals surface area contributed by atoms with Crippen LogP contribution in [0.25, 0.3) is 0 Å². The zero-order valence-corrected chi connectivity index (χ0v) is 9.24. The van der Waals surface area contributed by atoms with Crippen LogP contribution < -0.4 is 0 Å². The van der Waals surface area contributed by atoms with E-state index in [0.717, 1.165) is 0 Å². The van der Waals surface area contributed by atoms with Crippen molar-refractivity contribution in [1.29, 1.82) is 0 Å². The third-order valence-corrected chi connectivity index (χ3v) is 2.20. The summed E-state index contributed by atoms with van der Waals surface area (Å²) in [6.45, 7) is 2.76. The van der Waals surface area contributed by atoms with E-state index in [4.69, 9.17) is 0 Å². The molecule has 0 saturated carbocycles. The van der Waals surface area contributed by atoms with Gasteiger partial charge in [0.2, 0.25) is 0 Å². The summed E-state index contributed by atoms with van der Waals surface area (Å²) in [5, 5.41) is 0. The molecule has 94 valence electrons. The highest BCUT2D eigenvalue weighted by Crippen LogP contribution is 2.25. The van der Waals surface area contributed by atoms with Crippen LogP contribution in [-0.4, -0.2) is 12.6 Å². The van der Waals surface area contributed by atoms with Crippen molar-refractivity contribution in [1.82, 2.24) is 0 Å². The van der Waals surface area contributed by atoms with Gasteiger partial charge in [-0.3, -0.25) is 0 Å². The maximum atomic E-state index is 13.4. The molecule has 0 fully saturated rings. The second-order valence-corrected chi connectivity index (χ2v) is 3.18. The van der Waals surface area contributed by atoms with E-state index >= 15 is 0 Å². The normalized spacial score (nSPS) is 10.5. The van der Waals surface area contributed by atoms with E-state index in [1.165, 1.54) is 13.8 Å². The van der Waals surface area contributed by atoms with Crippen LogP contribution in [0.15, 0.2) is 0 Å². The lowest BCUT2D eigenvalue weighted by molar-refractivity contribution is 0.0517. The third kappa shape index (κ3) is 2.25. The molecule has 1 rings (SSSR count). The molecule has 0 N–H and O–H groups in total. The van der Waals surface area contributed by atoms with Crippen molar-refractivity contribution < 1.29 is 27.1 Å². The summed E-state index contributed by atoms with van der Waals surface area (Å²) >= 11 is 0. The smallest absolute Gasteiger partial charge is 0.341 e. The summed E-state index contributed by atoms with van der Waals surface area (Å²) in [6, 6.07) is 0. The zero-order valence-electron chi connectivity index (χ0n) is 9.24. The fourth-order valence-corrected chi connectivity index (χ4v) is 1.43. The lowest BCUT2D eigenvalue weighted by Gasteiger charge is -2.11. The molecule has 0 unspecified atom stereocenters. The molecule has 0 bridgehead atoms. The minimum absolute atomic E-state index is 0.0813. The maximum Gasteiger partial charge on any atom is 0.341 e. The van der Waals surface area contributed by atoms with Gasteiger partial charge in [-0.2, -0.15) is 0 Å². The molecule has 0 amide bonds. The molecule has 0 aliphatic heterocycles. The Morgan fingerprint density at radius 2 is 1.53 bits per heavy atom. The molecule has 1 aromatic carbocycles. The van der Waals surface area contributed by atoms with Gasteiger partial charge in [0.15, 0.2) is 23.3 Å². The Kier molecular flexibility index (Phi) is 4.09. The standard InChI is InChI=1S/C11H10F4O2/c1-3-5-6(11(16)17-4-2)8(13)10(15)9(14)7(5)12/h3-4H2,1-2H3. The Morgan fingerprint density at radius 3 is 2.00 bits per heavy atom. The zero-order chi connectivity index (χ0) is 13.2. The van der Waals surface area contributed by atoms with Gasteiger partial charge in [0.25, 0.3) is 0 Å². The molecule has 0 aromatic heterocycles. The summed E-state index contributed by atoms with van der Waals surface area (Å²) in [7, 11) is 0. The van der Waals surface area contributed by atoms with Crippen molar-refractivity contribution in [2.75, 3.05) is 6.61 Å². The van der Waals surface area contributed by atoms with E-state index in [-0.39, 0.29) is 13.0 Å². The molecule has 0 spiro atoms. The molecule has 6 heteroatoms. The molecule has 0 heterocycles. The predicted octanol–water partition coefficient (Wildman–Crippen LogP) is 2.98. The Bertz CT molecular complexity index is 458. The highest BCUT2D eigenvalue weighted by Gasteiger charge is 2.28. The molecule has 0 aliphatic rings. The van der Waals surface area contributed by atoms with E-state index in [1.54, 1.807) is 0 Å². The Balaban J connectivity index is 3.52. The van der Waals surface area contributed by atoms with E-state index < -0.39 is 40.4 Å². The number of esters is 1. The summed E-state index contributed by atoms with van der Waals surface area (Å²) in [5.74, 6) is -8.43. The lowest BCUT2D eigenvalue weighted by Crippen LogP contribution is -2.15. The molecular weight excluding hydrogens is 240 g/mol. The van der Waals surface area contributed by atoms with Crippen LogP contribution in [0, 0.1) is 23.3 Å². The number of hydrogen-bond acceptors (Lipinski definition) is 2. The van der Waals surface area contributed by atoms with Gasteiger partial charge < -0.3 is 4.74 Å². The first-order valence-electron chi connectivity index (χ1n) is 4.97. The van der Waals surface area contributed by atoms with Gasteiger partial charge in [0.1, 0.15) is 5.56 Å². The van der Waals surface area contributed by atoms with Crippen molar-refractivity contribution in [2.45, 2.75) is 20.3 Å². The average molecular weight is 250 g/mol. The fourth-order valence-electron chi connectivity index (χ4n) is 1.43. The van der Waals surface area contributed by atoms with Crippen molar-refractivity contribution in [2.24, 2.45) is 0 Å². The first kappa shape index (κ1) is 13.5. The van der Waals surface area contributed by atoms with Crippen LogP contribution >= 0.6 is 0 Å². The van der Waals surface area contributed by atoms with Crippen molar-refractivity contribution in [3.05, 3.63) is 34.4 Å². The van der Waals surface area contributed by atoms with Crippen LogP contribution in [0.5, 0.6) is 0 Å². The number of halogens is 4. The Morgan fingerprint density at radius 1 is 1.00 bits per heavy atom. The highest BCUT2D eigenvalue weighted by molar-refractivity contribution is 5.91. The van der Waals surface area contributed by atoms with Gasteiger partial charge in [-0.25, -0.2) is 22.4 Å². The van der Waals surface area contributed by atoms with Gasteiger partial charge in [-0.05, 0) is 13.3 Å². The van der Waals surface area contributed by atoms with Gasteiger partial charge in [0.05, 0.1) is 6.61 Å². The number of rotatable bonds is 3. The minimum Gasteiger partial charge on any atom is -0.462 e. The van der Waals surface area contributed by atoms with Gasteiger partial charge in [-0.15, -0.1) is 0 Å². The SMILES string of the molecule is CCOC(=O)c1c(F)c(F)c(F)c(F)c1CC. The average Bonchev–Trinajstić information content (AvgIpc) is 2.31. The molecule has 0 atom stereocenters. The van der Waals surface area contributed by atoms with Crippen molar-refractivity contribution in [3.63, 3.8) is 0 Å². The first-order valence-corrected chi connectivity index (χ1v) is 4.97. The maximum absolute atomic E-state index is 13.4. The Hall–Kier alpha value is -1.59. The second-order valence-electron chi connectivity index (χ2n) is 3.18. The summed E-state index contributed by atoms with van der Waals surface area (Å²) < 4.78 is 57.1. The largest absolute Gasteiger partial charge is 0.462 e. The topological polar surface area (TPSA) is 26.3 Å². The number of carbonyl (C=O) groups is 1. The van der Waals surface area contributed by atoms with E-state index in [2.05, 4.69) is 4.74 Å². The predicted molar refractivity (Wildman–Crippen MR) is 51.6 cm³/mol. The number of ether oxygens (including phenoxy) is 1. The van der Waals surface area contributed by atoms with Gasteiger partial charge in [-0.1, -0.05) is 6.92 Å². The Labute approximate surface area is 95.2 Å².